The average molecular weight is 612 g/mol. The minimum absolute atomic E-state index is 0.0294. The summed E-state index contributed by atoms with van der Waals surface area (Å²) in [6, 6.07) is 5.76. The van der Waals surface area contributed by atoms with Gasteiger partial charge in [-0.05, 0) is 60.3 Å². The van der Waals surface area contributed by atoms with Crippen LogP contribution in [0.5, 0.6) is 11.8 Å². The molecule has 5 heterocycles. The Balaban J connectivity index is 1.37. The van der Waals surface area contributed by atoms with Crippen molar-refractivity contribution < 1.29 is 27.2 Å². The summed E-state index contributed by atoms with van der Waals surface area (Å²) >= 11 is 0. The predicted molar refractivity (Wildman–Crippen MR) is 160 cm³/mol. The van der Waals surface area contributed by atoms with Crippen LogP contribution in [-0.4, -0.2) is 85.2 Å². The van der Waals surface area contributed by atoms with E-state index in [9.17, 15) is 18.1 Å². The van der Waals surface area contributed by atoms with Gasteiger partial charge in [0.15, 0.2) is 5.82 Å². The van der Waals surface area contributed by atoms with Crippen molar-refractivity contribution in [3.8, 4) is 23.0 Å². The molecule has 3 saturated heterocycles. The summed E-state index contributed by atoms with van der Waals surface area (Å²) in [6.45, 7) is 4.09. The van der Waals surface area contributed by atoms with Gasteiger partial charge in [0.1, 0.15) is 41.4 Å². The van der Waals surface area contributed by atoms with Crippen LogP contribution in [0.1, 0.15) is 31.7 Å². The summed E-state index contributed by atoms with van der Waals surface area (Å²) < 4.78 is 64.1. The number of hydrogen-bond acceptors (Lipinski definition) is 8. The Bertz CT molecular complexity index is 1760. The van der Waals surface area contributed by atoms with Crippen LogP contribution in [0.3, 0.4) is 0 Å². The van der Waals surface area contributed by atoms with E-state index in [0.717, 1.165) is 19.4 Å². The molecule has 3 aliphatic heterocycles. The van der Waals surface area contributed by atoms with Crippen LogP contribution in [0.15, 0.2) is 30.5 Å². The van der Waals surface area contributed by atoms with Gasteiger partial charge in [0.05, 0.1) is 10.9 Å². The van der Waals surface area contributed by atoms with Crippen LogP contribution in [0.4, 0.5) is 19.0 Å². The first-order chi connectivity index (χ1) is 20.8. The van der Waals surface area contributed by atoms with Crippen molar-refractivity contribution in [2.45, 2.75) is 44.3 Å². The zero-order valence-corrected chi connectivity index (χ0v) is 24.6. The van der Waals surface area contributed by atoms with E-state index in [4.69, 9.17) is 4.74 Å². The fourth-order valence-corrected chi connectivity index (χ4v) is 8.10. The Morgan fingerprint density at radius 1 is 1.16 bits per heavy atom. The number of rotatable bonds is 6. The molecule has 3 fully saturated rings. The highest BCUT2D eigenvalue weighted by atomic mass is 32.2. The lowest BCUT2D eigenvalue weighted by Crippen LogP contribution is -2.43. The number of anilines is 1. The molecule has 3 aliphatic rings. The van der Waals surface area contributed by atoms with E-state index in [-0.39, 0.29) is 35.1 Å². The number of nitrogens with zero attached hydrogens (tertiary/aromatic N) is 5. The van der Waals surface area contributed by atoms with Crippen molar-refractivity contribution in [2.75, 3.05) is 49.2 Å². The zero-order chi connectivity index (χ0) is 29.9. The van der Waals surface area contributed by atoms with E-state index >= 15 is 4.39 Å². The van der Waals surface area contributed by atoms with Crippen LogP contribution in [-0.2, 0) is 17.2 Å². The summed E-state index contributed by atoms with van der Waals surface area (Å²) in [4.78, 5) is 17.7. The van der Waals surface area contributed by atoms with E-state index in [1.54, 1.807) is 6.07 Å². The highest BCUT2D eigenvalue weighted by Crippen LogP contribution is 2.42. The third-order valence-corrected chi connectivity index (χ3v) is 10.4. The third-order valence-electron chi connectivity index (χ3n) is 9.11. The second kappa shape index (κ2) is 10.9. The molecule has 0 spiro atoms. The van der Waals surface area contributed by atoms with Gasteiger partial charge in [0.2, 0.25) is 0 Å². The monoisotopic (exact) mass is 611 g/mol. The Hall–Kier alpha value is -3.51. The summed E-state index contributed by atoms with van der Waals surface area (Å²) in [7, 11) is -0.942. The average Bonchev–Trinajstić information content (AvgIpc) is 3.52. The summed E-state index contributed by atoms with van der Waals surface area (Å²) in [5.41, 5.74) is 0.0925. The van der Waals surface area contributed by atoms with Gasteiger partial charge in [0.25, 0.3) is 0 Å². The molecule has 4 aromatic rings. The Morgan fingerprint density at radius 2 is 1.98 bits per heavy atom. The number of aromatic hydroxyl groups is 1. The minimum Gasteiger partial charge on any atom is -0.508 e. The molecule has 0 saturated carbocycles. The molecule has 0 bridgehead atoms. The molecule has 7 rings (SSSR count). The van der Waals surface area contributed by atoms with Crippen molar-refractivity contribution in [3.05, 3.63) is 47.7 Å². The fourth-order valence-electron chi connectivity index (χ4n) is 7.04. The highest BCUT2D eigenvalue weighted by molar-refractivity contribution is 7.85. The lowest BCUT2D eigenvalue weighted by Gasteiger charge is -2.31. The molecule has 0 amide bonds. The lowest BCUT2D eigenvalue weighted by molar-refractivity contribution is 0.107. The maximum Gasteiger partial charge on any atom is 0.319 e. The normalized spacial score (nSPS) is 23.0. The van der Waals surface area contributed by atoms with Gasteiger partial charge >= 0.3 is 6.01 Å². The zero-order valence-electron chi connectivity index (χ0n) is 23.8. The number of aromatic nitrogens is 3. The van der Waals surface area contributed by atoms with Crippen molar-refractivity contribution in [1.82, 2.24) is 19.9 Å². The van der Waals surface area contributed by atoms with Gasteiger partial charge in [-0.15, -0.1) is 0 Å². The Kier molecular flexibility index (Phi) is 7.16. The van der Waals surface area contributed by atoms with Crippen molar-refractivity contribution in [3.63, 3.8) is 0 Å². The van der Waals surface area contributed by atoms with Gasteiger partial charge in [-0.3, -0.25) is 14.1 Å². The predicted octanol–water partition coefficient (Wildman–Crippen LogP) is 4.92. The van der Waals surface area contributed by atoms with E-state index in [2.05, 4.69) is 19.9 Å². The van der Waals surface area contributed by atoms with Gasteiger partial charge in [0, 0.05) is 60.1 Å². The number of aryl methyl sites for hydroxylation is 1. The molecule has 1 N–H and O–H groups in total. The molecule has 8 nitrogen and oxygen atoms in total. The summed E-state index contributed by atoms with van der Waals surface area (Å²) in [6.07, 6.45) is 3.04. The fraction of sp³-hybridized carbons (Fsp3) is 0.452. The van der Waals surface area contributed by atoms with Gasteiger partial charge in [-0.2, -0.15) is 9.97 Å². The maximum absolute atomic E-state index is 16.6. The van der Waals surface area contributed by atoms with E-state index < -0.39 is 34.1 Å². The number of hydrogen-bond donors (Lipinski definition) is 1. The summed E-state index contributed by atoms with van der Waals surface area (Å²) in [5, 5.41) is 11.9. The molecular weight excluding hydrogens is 579 g/mol. The first kappa shape index (κ1) is 28.3. The Morgan fingerprint density at radius 3 is 2.77 bits per heavy atom. The van der Waals surface area contributed by atoms with Crippen LogP contribution >= 0.6 is 0 Å². The number of fused-ring (bicyclic) bond motifs is 3. The number of phenols is 1. The van der Waals surface area contributed by atoms with Gasteiger partial charge in [-0.1, -0.05) is 13.0 Å². The molecule has 2 aromatic carbocycles. The first-order valence-electron chi connectivity index (χ1n) is 14.7. The molecule has 2 aromatic heterocycles. The standard InChI is InChI=1S/C31H32F3N5O3S/c1-2-21-24(33)5-4-18-12-20(40)13-22(25(18)21)27-26(34)28-23(15-35-27)29(38-8-10-43(41)11-9-38)37-30(36-28)42-17-31-6-3-7-39(31)16-19(32)14-31/h4-5,12-13,15,19,40H,2-3,6-11,14,16-17H2,1H3/t19?,31-/m0/s1. The number of benzene rings is 2. The topological polar surface area (TPSA) is 91.7 Å². The third kappa shape index (κ3) is 4.88. The SMILES string of the molecule is CCc1c(F)ccc2cc(O)cc(-c3ncc4c(N5CCS(=O)CC5)nc(OC[C@@]56CCCN5CC(F)C6)nc4c3F)c12. The Labute approximate surface area is 249 Å². The van der Waals surface area contributed by atoms with Crippen LogP contribution in [0, 0.1) is 11.6 Å². The number of alkyl halides is 1. The highest BCUT2D eigenvalue weighted by Gasteiger charge is 2.49. The van der Waals surface area contributed by atoms with Crippen molar-refractivity contribution in [1.29, 1.82) is 0 Å². The molecule has 2 atom stereocenters. The quantitative estimate of drug-likeness (QED) is 0.329. The molecule has 43 heavy (non-hydrogen) atoms. The smallest absolute Gasteiger partial charge is 0.319 e. The molecule has 0 radical (unpaired) electrons. The lowest BCUT2D eigenvalue weighted by atomic mass is 9.94. The molecule has 226 valence electrons. The van der Waals surface area contributed by atoms with E-state index in [1.165, 1.54) is 24.4 Å². The van der Waals surface area contributed by atoms with Gasteiger partial charge in [-0.25, -0.2) is 13.2 Å². The number of ether oxygens (including phenoxy) is 1. The number of halogens is 3. The van der Waals surface area contributed by atoms with Crippen molar-refractivity contribution >= 4 is 38.3 Å². The maximum atomic E-state index is 16.6. The molecule has 0 aliphatic carbocycles. The van der Waals surface area contributed by atoms with Crippen molar-refractivity contribution in [2.24, 2.45) is 0 Å². The second-order valence-electron chi connectivity index (χ2n) is 11.7. The van der Waals surface area contributed by atoms with Crippen LogP contribution in [0.25, 0.3) is 32.9 Å². The number of pyridine rings is 1. The van der Waals surface area contributed by atoms with Crippen LogP contribution < -0.4 is 9.64 Å². The van der Waals surface area contributed by atoms with Crippen LogP contribution in [0.2, 0.25) is 0 Å². The number of phenolic OH excluding ortho intramolecular Hbond substituents is 1. The molecule has 1 unspecified atom stereocenters. The second-order valence-corrected chi connectivity index (χ2v) is 13.4. The van der Waals surface area contributed by atoms with E-state index in [1.807, 2.05) is 11.8 Å². The molecule has 12 heteroatoms. The molecular formula is C31H32F3N5O3S. The minimum atomic E-state index is -0.942. The largest absolute Gasteiger partial charge is 0.508 e. The van der Waals surface area contributed by atoms with Gasteiger partial charge < -0.3 is 14.7 Å². The summed E-state index contributed by atoms with van der Waals surface area (Å²) in [5.74, 6) is 0.0443. The van der Waals surface area contributed by atoms with E-state index in [0.29, 0.717) is 71.5 Å². The first-order valence-corrected chi connectivity index (χ1v) is 16.2.